The molecule has 0 aliphatic carbocycles. The summed E-state index contributed by atoms with van der Waals surface area (Å²) in [5, 5.41) is 5.11. The van der Waals surface area contributed by atoms with Crippen molar-refractivity contribution in [3.05, 3.63) is 17.8 Å². The molecule has 0 bridgehead atoms. The topological polar surface area (TPSA) is 84.2 Å². The highest BCUT2D eigenvalue weighted by Gasteiger charge is 2.10. The van der Waals surface area contributed by atoms with Crippen LogP contribution >= 0.6 is 0 Å². The number of nitrogens with one attached hydrogen (secondary N) is 2. The molecule has 2 N–H and O–H groups in total. The van der Waals surface area contributed by atoms with E-state index in [0.29, 0.717) is 18.8 Å². The van der Waals surface area contributed by atoms with E-state index in [1.54, 1.807) is 6.92 Å². The van der Waals surface area contributed by atoms with Crippen molar-refractivity contribution in [2.24, 2.45) is 0 Å². The maximum Gasteiger partial charge on any atom is 0.307 e. The number of carbonyl (C=O) groups excluding carboxylic acids is 2. The fraction of sp³-hybridized carbons (Fsp3) is 0.444. The molecule has 0 saturated heterocycles. The molecule has 1 rings (SSSR count). The molecule has 0 spiro atoms. The van der Waals surface area contributed by atoms with E-state index in [1.165, 1.54) is 13.1 Å². The summed E-state index contributed by atoms with van der Waals surface area (Å²) in [4.78, 5) is 25.6. The third kappa shape index (κ3) is 3.80. The zero-order valence-corrected chi connectivity index (χ0v) is 8.66. The molecule has 0 radical (unpaired) electrons. The number of aromatic nitrogens is 1. The van der Waals surface area contributed by atoms with E-state index in [-0.39, 0.29) is 17.7 Å². The average molecular weight is 211 g/mol. The Labute approximate surface area is 87.1 Å². The van der Waals surface area contributed by atoms with E-state index >= 15 is 0 Å². The number of hydrogen-bond acceptors (Lipinski definition) is 4. The van der Waals surface area contributed by atoms with Gasteiger partial charge in [-0.25, -0.2) is 4.98 Å². The lowest BCUT2D eigenvalue weighted by Crippen LogP contribution is -2.33. The zero-order valence-electron chi connectivity index (χ0n) is 8.66. The first-order valence-corrected chi connectivity index (χ1v) is 4.54. The Hall–Kier alpha value is -1.85. The van der Waals surface area contributed by atoms with Gasteiger partial charge in [-0.2, -0.15) is 0 Å². The summed E-state index contributed by atoms with van der Waals surface area (Å²) in [6, 6.07) is 0. The third-order valence-electron chi connectivity index (χ3n) is 1.60. The molecule has 15 heavy (non-hydrogen) atoms. The summed E-state index contributed by atoms with van der Waals surface area (Å²) in [6.07, 6.45) is 1.47. The van der Waals surface area contributed by atoms with E-state index in [4.69, 9.17) is 4.42 Å². The number of amides is 2. The summed E-state index contributed by atoms with van der Waals surface area (Å²) in [7, 11) is 0. The summed E-state index contributed by atoms with van der Waals surface area (Å²) >= 11 is 0. The lowest BCUT2D eigenvalue weighted by Gasteiger charge is -2.02. The van der Waals surface area contributed by atoms with Gasteiger partial charge in [0.2, 0.25) is 5.91 Å². The second kappa shape index (κ2) is 5.14. The Kier molecular flexibility index (Phi) is 3.84. The zero-order chi connectivity index (χ0) is 11.3. The third-order valence-corrected chi connectivity index (χ3v) is 1.60. The van der Waals surface area contributed by atoms with Crippen molar-refractivity contribution < 1.29 is 14.0 Å². The van der Waals surface area contributed by atoms with Gasteiger partial charge in [-0.15, -0.1) is 0 Å². The van der Waals surface area contributed by atoms with Crippen LogP contribution in [0.1, 0.15) is 23.4 Å². The summed E-state index contributed by atoms with van der Waals surface area (Å²) in [6.45, 7) is 3.86. The highest BCUT2D eigenvalue weighted by Crippen LogP contribution is 2.00. The molecule has 2 amide bonds. The highest BCUT2D eigenvalue weighted by atomic mass is 16.4. The van der Waals surface area contributed by atoms with E-state index in [2.05, 4.69) is 15.6 Å². The molecule has 0 atom stereocenters. The Morgan fingerprint density at radius 2 is 2.07 bits per heavy atom. The fourth-order valence-electron chi connectivity index (χ4n) is 0.950. The summed E-state index contributed by atoms with van der Waals surface area (Å²) < 4.78 is 5.01. The molecule has 0 aliphatic rings. The molecule has 6 nitrogen and oxygen atoms in total. The molecule has 0 aliphatic heterocycles. The van der Waals surface area contributed by atoms with E-state index in [1.807, 2.05) is 0 Å². The summed E-state index contributed by atoms with van der Waals surface area (Å²) in [5.74, 6) is 0.113. The monoisotopic (exact) mass is 211 g/mol. The standard InChI is InChI=1S/C9H13N3O3/c1-6-5-12-9(15-6)8(14)11-4-3-10-7(2)13/h5H,3-4H2,1-2H3,(H,10,13)(H,11,14). The van der Waals surface area contributed by atoms with E-state index in [0.717, 1.165) is 0 Å². The van der Waals surface area contributed by atoms with E-state index < -0.39 is 0 Å². The van der Waals surface area contributed by atoms with Crippen LogP contribution in [-0.2, 0) is 4.79 Å². The Morgan fingerprint density at radius 1 is 1.40 bits per heavy atom. The minimum Gasteiger partial charge on any atom is -0.438 e. The normalized spacial score (nSPS) is 9.73. The van der Waals surface area contributed by atoms with Crippen LogP contribution in [0.3, 0.4) is 0 Å². The first-order valence-electron chi connectivity index (χ1n) is 4.54. The van der Waals surface area contributed by atoms with Crippen molar-refractivity contribution in [1.29, 1.82) is 0 Å². The van der Waals surface area contributed by atoms with Crippen LogP contribution in [0.15, 0.2) is 10.6 Å². The number of hydrogen-bond donors (Lipinski definition) is 2. The van der Waals surface area contributed by atoms with Crippen LogP contribution in [0, 0.1) is 6.92 Å². The van der Waals surface area contributed by atoms with Crippen molar-refractivity contribution >= 4 is 11.8 Å². The number of aryl methyl sites for hydroxylation is 1. The van der Waals surface area contributed by atoms with Gasteiger partial charge in [-0.3, -0.25) is 9.59 Å². The van der Waals surface area contributed by atoms with Gasteiger partial charge in [-0.1, -0.05) is 0 Å². The molecular weight excluding hydrogens is 198 g/mol. The molecule has 0 aromatic carbocycles. The van der Waals surface area contributed by atoms with Crippen LogP contribution in [0.4, 0.5) is 0 Å². The lowest BCUT2D eigenvalue weighted by molar-refractivity contribution is -0.118. The van der Waals surface area contributed by atoms with Gasteiger partial charge in [0.25, 0.3) is 5.89 Å². The molecule has 0 unspecified atom stereocenters. The van der Waals surface area contributed by atoms with Gasteiger partial charge < -0.3 is 15.1 Å². The minimum atomic E-state index is -0.381. The molecular formula is C9H13N3O3. The molecule has 0 saturated carbocycles. The smallest absolute Gasteiger partial charge is 0.307 e. The van der Waals surface area contributed by atoms with Crippen LogP contribution < -0.4 is 10.6 Å². The lowest BCUT2D eigenvalue weighted by atomic mass is 10.5. The maximum absolute atomic E-state index is 11.3. The largest absolute Gasteiger partial charge is 0.438 e. The second-order valence-corrected chi connectivity index (χ2v) is 3.01. The molecule has 82 valence electrons. The Balaban J connectivity index is 2.28. The van der Waals surface area contributed by atoms with Crippen molar-refractivity contribution in [2.75, 3.05) is 13.1 Å². The SMILES string of the molecule is CC(=O)NCCNC(=O)c1ncc(C)o1. The van der Waals surface area contributed by atoms with Gasteiger partial charge in [0.15, 0.2) is 0 Å². The number of rotatable bonds is 4. The molecule has 1 aromatic heterocycles. The van der Waals surface area contributed by atoms with Gasteiger partial charge in [0.1, 0.15) is 5.76 Å². The average Bonchev–Trinajstić information content (AvgIpc) is 2.59. The van der Waals surface area contributed by atoms with Crippen LogP contribution in [0.5, 0.6) is 0 Å². The first-order chi connectivity index (χ1) is 7.09. The molecule has 1 aromatic rings. The van der Waals surface area contributed by atoms with E-state index in [9.17, 15) is 9.59 Å². The Bertz CT molecular complexity index is 359. The predicted molar refractivity (Wildman–Crippen MR) is 52.3 cm³/mol. The quantitative estimate of drug-likeness (QED) is 0.678. The first kappa shape index (κ1) is 11.2. The van der Waals surface area contributed by atoms with Gasteiger partial charge in [0, 0.05) is 20.0 Å². The van der Waals surface area contributed by atoms with Gasteiger partial charge in [0.05, 0.1) is 6.20 Å². The van der Waals surface area contributed by atoms with Crippen LogP contribution in [-0.4, -0.2) is 29.9 Å². The van der Waals surface area contributed by atoms with Gasteiger partial charge in [-0.05, 0) is 6.92 Å². The second-order valence-electron chi connectivity index (χ2n) is 3.01. The van der Waals surface area contributed by atoms with Crippen molar-refractivity contribution in [2.45, 2.75) is 13.8 Å². The highest BCUT2D eigenvalue weighted by molar-refractivity contribution is 5.89. The summed E-state index contributed by atoms with van der Waals surface area (Å²) in [5.41, 5.74) is 0. The van der Waals surface area contributed by atoms with Crippen molar-refractivity contribution in [3.8, 4) is 0 Å². The van der Waals surface area contributed by atoms with Crippen molar-refractivity contribution in [1.82, 2.24) is 15.6 Å². The van der Waals surface area contributed by atoms with Crippen LogP contribution in [0.25, 0.3) is 0 Å². The molecule has 6 heteroatoms. The van der Waals surface area contributed by atoms with Crippen LogP contribution in [0.2, 0.25) is 0 Å². The van der Waals surface area contributed by atoms with Crippen molar-refractivity contribution in [3.63, 3.8) is 0 Å². The molecule has 1 heterocycles. The maximum atomic E-state index is 11.3. The predicted octanol–water partition coefficient (Wildman–Crippen LogP) is -0.151. The number of nitrogens with zero attached hydrogens (tertiary/aromatic N) is 1. The number of carbonyl (C=O) groups is 2. The Morgan fingerprint density at radius 3 is 2.60 bits per heavy atom. The fourth-order valence-corrected chi connectivity index (χ4v) is 0.950. The molecule has 0 fully saturated rings. The number of oxazole rings is 1. The minimum absolute atomic E-state index is 0.0373. The van der Waals surface area contributed by atoms with Gasteiger partial charge >= 0.3 is 5.91 Å².